The van der Waals surface area contributed by atoms with E-state index in [1.165, 1.54) is 11.8 Å². The number of nitrogens with zero attached hydrogens (tertiary/aromatic N) is 5. The van der Waals surface area contributed by atoms with Gasteiger partial charge in [-0.3, -0.25) is 0 Å². The van der Waals surface area contributed by atoms with Gasteiger partial charge in [-0.25, -0.2) is 0 Å². The number of hydrogen-bond donors (Lipinski definition) is 1. The average molecular weight is 381 g/mol. The van der Waals surface area contributed by atoms with Gasteiger partial charge in [0.2, 0.25) is 5.16 Å². The zero-order chi connectivity index (χ0) is 19.2. The summed E-state index contributed by atoms with van der Waals surface area (Å²) in [5.41, 5.74) is 3.67. The van der Waals surface area contributed by atoms with Crippen LogP contribution in [0.25, 0.3) is 5.69 Å². The van der Waals surface area contributed by atoms with E-state index in [2.05, 4.69) is 21.6 Å². The van der Waals surface area contributed by atoms with Crippen LogP contribution in [0.15, 0.2) is 47.6 Å². The third-order valence-corrected chi connectivity index (χ3v) is 4.99. The maximum atomic E-state index is 10.2. The molecule has 0 aliphatic heterocycles. The van der Waals surface area contributed by atoms with E-state index in [0.717, 1.165) is 16.8 Å². The zero-order valence-electron chi connectivity index (χ0n) is 15.0. The fourth-order valence-electron chi connectivity index (χ4n) is 2.59. The van der Waals surface area contributed by atoms with E-state index >= 15 is 0 Å². The highest BCUT2D eigenvalue weighted by molar-refractivity contribution is 7.99. The van der Waals surface area contributed by atoms with Crippen molar-refractivity contribution >= 4 is 11.8 Å². The van der Waals surface area contributed by atoms with Crippen molar-refractivity contribution in [2.45, 2.75) is 25.1 Å². The van der Waals surface area contributed by atoms with E-state index in [-0.39, 0.29) is 6.61 Å². The van der Waals surface area contributed by atoms with Crippen LogP contribution < -0.4 is 4.74 Å². The maximum Gasteiger partial charge on any atom is 0.214 e. The monoisotopic (exact) mass is 381 g/mol. The van der Waals surface area contributed by atoms with E-state index in [0.29, 0.717) is 22.2 Å². The lowest BCUT2D eigenvalue weighted by Gasteiger charge is -2.13. The topological polar surface area (TPSA) is 96.8 Å². The molecule has 0 bridgehead atoms. The van der Waals surface area contributed by atoms with Gasteiger partial charge in [0.05, 0.1) is 23.4 Å². The Morgan fingerprint density at radius 3 is 2.56 bits per heavy atom. The van der Waals surface area contributed by atoms with Gasteiger partial charge in [-0.15, -0.1) is 5.10 Å². The van der Waals surface area contributed by atoms with Gasteiger partial charge < -0.3 is 9.84 Å². The highest BCUT2D eigenvalue weighted by atomic mass is 32.2. The Labute approximate surface area is 161 Å². The first-order valence-corrected chi connectivity index (χ1v) is 9.36. The van der Waals surface area contributed by atoms with Gasteiger partial charge in [0.25, 0.3) is 0 Å². The summed E-state index contributed by atoms with van der Waals surface area (Å²) in [5, 5.41) is 31.5. The molecule has 0 saturated carbocycles. The minimum Gasteiger partial charge on any atom is -0.491 e. The van der Waals surface area contributed by atoms with Crippen molar-refractivity contribution < 1.29 is 9.84 Å². The molecule has 0 saturated heterocycles. The molecular weight excluding hydrogens is 362 g/mol. The molecule has 1 unspecified atom stereocenters. The van der Waals surface area contributed by atoms with Gasteiger partial charge in [-0.2, -0.15) is 9.94 Å². The van der Waals surface area contributed by atoms with Crippen LogP contribution in [0.5, 0.6) is 5.75 Å². The van der Waals surface area contributed by atoms with Gasteiger partial charge in [-0.05, 0) is 59.7 Å². The number of aromatic nitrogens is 4. The molecule has 1 heterocycles. The Balaban J connectivity index is 1.59. The number of aliphatic hydroxyl groups is 1. The lowest BCUT2D eigenvalue weighted by molar-refractivity contribution is 0.126. The molecule has 3 rings (SSSR count). The summed E-state index contributed by atoms with van der Waals surface area (Å²) in [4.78, 5) is 0. The number of aliphatic hydroxyl groups excluding tert-OH is 1. The molecule has 0 spiro atoms. The molecule has 0 amide bonds. The second kappa shape index (κ2) is 8.66. The molecule has 0 radical (unpaired) electrons. The van der Waals surface area contributed by atoms with E-state index in [1.807, 2.05) is 32.0 Å². The maximum absolute atomic E-state index is 10.2. The van der Waals surface area contributed by atoms with Crippen molar-refractivity contribution in [1.82, 2.24) is 20.2 Å². The molecule has 0 fully saturated rings. The molecule has 0 aliphatic rings. The molecule has 0 aliphatic carbocycles. The number of nitriles is 1. The Kier molecular flexibility index (Phi) is 6.06. The van der Waals surface area contributed by atoms with Gasteiger partial charge in [-0.1, -0.05) is 30.0 Å². The van der Waals surface area contributed by atoms with Gasteiger partial charge >= 0.3 is 0 Å². The molecule has 1 atom stereocenters. The van der Waals surface area contributed by atoms with Crippen molar-refractivity contribution in [2.24, 2.45) is 0 Å². The third-order valence-electron chi connectivity index (χ3n) is 3.92. The van der Waals surface area contributed by atoms with Crippen LogP contribution in [0, 0.1) is 25.2 Å². The van der Waals surface area contributed by atoms with E-state index in [4.69, 9.17) is 10.00 Å². The molecule has 3 aromatic rings. The van der Waals surface area contributed by atoms with Crippen molar-refractivity contribution in [2.75, 3.05) is 12.4 Å². The largest absolute Gasteiger partial charge is 0.491 e. The first kappa shape index (κ1) is 18.9. The number of thioether (sulfide) groups is 1. The molecule has 1 aromatic heterocycles. The predicted molar refractivity (Wildman–Crippen MR) is 102 cm³/mol. The molecule has 7 nitrogen and oxygen atoms in total. The minimum atomic E-state index is -0.686. The number of ether oxygens (including phenoxy) is 1. The fourth-order valence-corrected chi connectivity index (χ4v) is 3.37. The first-order chi connectivity index (χ1) is 13.1. The average Bonchev–Trinajstić information content (AvgIpc) is 3.13. The highest BCUT2D eigenvalue weighted by Crippen LogP contribution is 2.24. The summed E-state index contributed by atoms with van der Waals surface area (Å²) >= 11 is 1.37. The second-order valence-electron chi connectivity index (χ2n) is 6.03. The standard InChI is InChI=1S/C19H19N5O2S/c1-13-4-3-5-14(2)18(13)24-19(21-22-23-24)27-12-16(25)11-26-17-8-6-15(10-20)7-9-17/h3-9,16,25H,11-12H2,1-2H3. The Morgan fingerprint density at radius 2 is 1.89 bits per heavy atom. The van der Waals surface area contributed by atoms with Crippen molar-refractivity contribution in [3.63, 3.8) is 0 Å². The normalized spacial score (nSPS) is 11.8. The summed E-state index contributed by atoms with van der Waals surface area (Å²) in [7, 11) is 0. The third kappa shape index (κ3) is 4.64. The Bertz CT molecular complexity index is 929. The molecular formula is C19H19N5O2S. The summed E-state index contributed by atoms with van der Waals surface area (Å²) < 4.78 is 7.26. The second-order valence-corrected chi connectivity index (χ2v) is 7.01. The van der Waals surface area contributed by atoms with Crippen LogP contribution in [0.4, 0.5) is 0 Å². The van der Waals surface area contributed by atoms with Crippen LogP contribution in [0.2, 0.25) is 0 Å². The van der Waals surface area contributed by atoms with Crippen LogP contribution >= 0.6 is 11.8 Å². The van der Waals surface area contributed by atoms with E-state index in [1.54, 1.807) is 28.9 Å². The Hall–Kier alpha value is -2.89. The number of aryl methyl sites for hydroxylation is 2. The summed E-state index contributed by atoms with van der Waals surface area (Å²) in [6.07, 6.45) is -0.686. The lowest BCUT2D eigenvalue weighted by atomic mass is 10.1. The van der Waals surface area contributed by atoms with Crippen LogP contribution in [-0.2, 0) is 0 Å². The number of hydrogen-bond acceptors (Lipinski definition) is 7. The molecule has 2 aromatic carbocycles. The van der Waals surface area contributed by atoms with Crippen molar-refractivity contribution in [1.29, 1.82) is 5.26 Å². The minimum absolute atomic E-state index is 0.143. The zero-order valence-corrected chi connectivity index (χ0v) is 15.8. The Morgan fingerprint density at radius 1 is 1.19 bits per heavy atom. The van der Waals surface area contributed by atoms with E-state index < -0.39 is 6.10 Å². The SMILES string of the molecule is Cc1cccc(C)c1-n1nnnc1SCC(O)COc1ccc(C#N)cc1. The number of para-hydroxylation sites is 1. The van der Waals surface area contributed by atoms with Crippen molar-refractivity contribution in [3.05, 3.63) is 59.2 Å². The van der Waals surface area contributed by atoms with Crippen LogP contribution in [0.1, 0.15) is 16.7 Å². The number of rotatable bonds is 7. The van der Waals surface area contributed by atoms with Gasteiger partial charge in [0.1, 0.15) is 12.4 Å². The van der Waals surface area contributed by atoms with Gasteiger partial charge in [0.15, 0.2) is 0 Å². The summed E-state index contributed by atoms with van der Waals surface area (Å²) in [6.45, 7) is 4.17. The fraction of sp³-hybridized carbons (Fsp3) is 0.263. The first-order valence-electron chi connectivity index (χ1n) is 8.37. The van der Waals surface area contributed by atoms with Crippen LogP contribution in [-0.4, -0.2) is 43.8 Å². The lowest BCUT2D eigenvalue weighted by Crippen LogP contribution is -2.20. The molecule has 1 N–H and O–H groups in total. The molecule has 138 valence electrons. The molecule has 27 heavy (non-hydrogen) atoms. The highest BCUT2D eigenvalue weighted by Gasteiger charge is 2.15. The quantitative estimate of drug-likeness (QED) is 0.628. The summed E-state index contributed by atoms with van der Waals surface area (Å²) in [6, 6.07) is 14.8. The molecule has 8 heteroatoms. The van der Waals surface area contributed by atoms with Crippen LogP contribution in [0.3, 0.4) is 0 Å². The van der Waals surface area contributed by atoms with E-state index in [9.17, 15) is 5.11 Å². The van der Waals surface area contributed by atoms with Crippen molar-refractivity contribution in [3.8, 4) is 17.5 Å². The smallest absolute Gasteiger partial charge is 0.214 e. The number of benzene rings is 2. The van der Waals surface area contributed by atoms with Gasteiger partial charge in [0, 0.05) is 5.75 Å². The summed E-state index contributed by atoms with van der Waals surface area (Å²) in [5.74, 6) is 1.00. The number of tetrazole rings is 1. The predicted octanol–water partition coefficient (Wildman–Crippen LogP) is 2.68.